The Bertz CT molecular complexity index is 916. The molecule has 2 unspecified atom stereocenters. The fourth-order valence-corrected chi connectivity index (χ4v) is 4.48. The van der Waals surface area contributed by atoms with Crippen molar-refractivity contribution in [2.75, 3.05) is 12.0 Å². The first-order valence-electron chi connectivity index (χ1n) is 8.43. The first-order valence-corrected chi connectivity index (χ1v) is 9.76. The van der Waals surface area contributed by atoms with Crippen molar-refractivity contribution in [1.82, 2.24) is 4.90 Å². The van der Waals surface area contributed by atoms with E-state index in [2.05, 4.69) is 0 Å². The number of hydrogen-bond donors (Lipinski definition) is 0. The maximum absolute atomic E-state index is 13.2. The van der Waals surface area contributed by atoms with E-state index in [1.54, 1.807) is 36.3 Å². The zero-order chi connectivity index (χ0) is 19.0. The van der Waals surface area contributed by atoms with Gasteiger partial charge in [0.25, 0.3) is 5.91 Å². The minimum Gasteiger partial charge on any atom is -0.497 e. The van der Waals surface area contributed by atoms with Gasteiger partial charge in [0.05, 0.1) is 18.8 Å². The molecule has 0 N–H and O–H groups in total. The van der Waals surface area contributed by atoms with Gasteiger partial charge in [0.1, 0.15) is 11.0 Å². The van der Waals surface area contributed by atoms with E-state index in [1.807, 2.05) is 35.7 Å². The molecule has 0 aromatic heterocycles. The summed E-state index contributed by atoms with van der Waals surface area (Å²) in [6, 6.07) is 13.7. The van der Waals surface area contributed by atoms with Gasteiger partial charge in [-0.1, -0.05) is 29.8 Å². The Kier molecular flexibility index (Phi) is 4.85. The highest BCUT2D eigenvalue weighted by atomic mass is 35.5. The van der Waals surface area contributed by atoms with Crippen LogP contribution in [0.1, 0.15) is 5.56 Å². The van der Waals surface area contributed by atoms with Gasteiger partial charge in [-0.3, -0.25) is 4.79 Å². The molecule has 3 amide bonds. The molecule has 1 saturated heterocycles. The largest absolute Gasteiger partial charge is 0.497 e. The van der Waals surface area contributed by atoms with E-state index in [1.165, 1.54) is 16.7 Å². The van der Waals surface area contributed by atoms with E-state index in [9.17, 15) is 9.59 Å². The fourth-order valence-electron chi connectivity index (χ4n) is 3.31. The Balaban J connectivity index is 1.68. The lowest BCUT2D eigenvalue weighted by atomic mass is 10.1. The number of amides is 3. The Morgan fingerprint density at radius 2 is 1.93 bits per heavy atom. The predicted octanol–water partition coefficient (Wildman–Crippen LogP) is 4.32. The van der Waals surface area contributed by atoms with E-state index in [0.29, 0.717) is 17.3 Å². The number of nitrogens with zero attached hydrogens (tertiary/aromatic N) is 2. The summed E-state index contributed by atoms with van der Waals surface area (Å²) in [7, 11) is 1.61. The third-order valence-electron chi connectivity index (χ3n) is 4.64. The molecule has 0 aliphatic carbocycles. The number of methoxy groups -OCH3 is 1. The number of rotatable bonds is 4. The topological polar surface area (TPSA) is 49.9 Å². The van der Waals surface area contributed by atoms with Crippen molar-refractivity contribution in [3.05, 3.63) is 70.6 Å². The molecule has 0 radical (unpaired) electrons. The van der Waals surface area contributed by atoms with Gasteiger partial charge in [0.15, 0.2) is 0 Å². The molecule has 0 saturated carbocycles. The molecule has 2 aliphatic rings. The molecule has 2 heterocycles. The molecule has 0 spiro atoms. The molecular weight excluding hydrogens is 384 g/mol. The maximum Gasteiger partial charge on any atom is 0.332 e. The second kappa shape index (κ2) is 7.29. The van der Waals surface area contributed by atoms with Gasteiger partial charge in [-0.2, -0.15) is 0 Å². The van der Waals surface area contributed by atoms with Crippen molar-refractivity contribution >= 4 is 41.0 Å². The average molecular weight is 401 g/mol. The van der Waals surface area contributed by atoms with E-state index < -0.39 is 0 Å². The van der Waals surface area contributed by atoms with Gasteiger partial charge in [-0.15, -0.1) is 11.8 Å². The number of carbonyl (C=O) groups is 2. The molecule has 138 valence electrons. The molecule has 2 atom stereocenters. The van der Waals surface area contributed by atoms with Crippen LogP contribution < -0.4 is 9.64 Å². The van der Waals surface area contributed by atoms with E-state index in [0.717, 1.165) is 11.3 Å². The van der Waals surface area contributed by atoms with Crippen LogP contribution in [0, 0.1) is 0 Å². The number of anilines is 1. The Morgan fingerprint density at radius 1 is 1.15 bits per heavy atom. The first-order chi connectivity index (χ1) is 13.1. The molecule has 1 fully saturated rings. The van der Waals surface area contributed by atoms with Gasteiger partial charge >= 0.3 is 6.03 Å². The van der Waals surface area contributed by atoms with Crippen LogP contribution in [-0.2, 0) is 11.3 Å². The zero-order valence-electron chi connectivity index (χ0n) is 14.5. The van der Waals surface area contributed by atoms with Crippen LogP contribution in [0.2, 0.25) is 5.02 Å². The van der Waals surface area contributed by atoms with Crippen LogP contribution in [0.3, 0.4) is 0 Å². The number of hydrogen-bond acceptors (Lipinski definition) is 4. The quantitative estimate of drug-likeness (QED) is 0.767. The number of urea groups is 1. The molecule has 2 aliphatic heterocycles. The van der Waals surface area contributed by atoms with Crippen molar-refractivity contribution in [3.63, 3.8) is 0 Å². The lowest BCUT2D eigenvalue weighted by molar-refractivity contribution is -0.119. The smallest absolute Gasteiger partial charge is 0.332 e. The van der Waals surface area contributed by atoms with Gasteiger partial charge in [-0.25, -0.2) is 9.69 Å². The first kappa shape index (κ1) is 17.9. The summed E-state index contributed by atoms with van der Waals surface area (Å²) >= 11 is 7.40. The summed E-state index contributed by atoms with van der Waals surface area (Å²) in [4.78, 5) is 29.2. The lowest BCUT2D eigenvalue weighted by Gasteiger charge is -2.41. The van der Waals surface area contributed by atoms with Crippen molar-refractivity contribution < 1.29 is 14.3 Å². The Morgan fingerprint density at radius 3 is 2.67 bits per heavy atom. The monoisotopic (exact) mass is 400 g/mol. The molecule has 4 rings (SSSR count). The highest BCUT2D eigenvalue weighted by molar-refractivity contribution is 8.03. The molecular formula is C20H17ClN2O3S. The van der Waals surface area contributed by atoms with Gasteiger partial charge in [0, 0.05) is 11.6 Å². The van der Waals surface area contributed by atoms with Crippen LogP contribution in [0.15, 0.2) is 60.0 Å². The molecule has 0 bridgehead atoms. The second-order valence-electron chi connectivity index (χ2n) is 6.29. The van der Waals surface area contributed by atoms with Gasteiger partial charge in [0.2, 0.25) is 0 Å². The van der Waals surface area contributed by atoms with Crippen LogP contribution in [0.5, 0.6) is 5.75 Å². The minimum atomic E-state index is -0.344. The van der Waals surface area contributed by atoms with E-state index >= 15 is 0 Å². The average Bonchev–Trinajstić information content (AvgIpc) is 3.17. The summed E-state index contributed by atoms with van der Waals surface area (Å²) in [5, 5.41) is 2.10. The SMILES string of the molecule is COc1cccc(CN2C(=O)N(c3ccc(Cl)cc3)C(=O)C3SC=CC32)c1. The summed E-state index contributed by atoms with van der Waals surface area (Å²) in [6.07, 6.45) is 1.92. The fraction of sp³-hybridized carbons (Fsp3) is 0.200. The second-order valence-corrected chi connectivity index (χ2v) is 7.78. The molecule has 27 heavy (non-hydrogen) atoms. The van der Waals surface area contributed by atoms with E-state index in [-0.39, 0.29) is 23.2 Å². The number of ether oxygens (including phenoxy) is 1. The molecule has 2 aromatic carbocycles. The highest BCUT2D eigenvalue weighted by Gasteiger charge is 2.47. The minimum absolute atomic E-state index is 0.204. The summed E-state index contributed by atoms with van der Waals surface area (Å²) in [5.41, 5.74) is 1.47. The number of imide groups is 1. The van der Waals surface area contributed by atoms with Gasteiger partial charge in [-0.05, 0) is 47.4 Å². The molecule has 5 nitrogen and oxygen atoms in total. The standard InChI is InChI=1S/C20H17ClN2O3S/c1-26-16-4-2-3-13(11-16)12-22-17-9-10-27-18(17)19(24)23(20(22)25)15-7-5-14(21)6-8-15/h2-11,17-18H,12H2,1H3. The predicted molar refractivity (Wildman–Crippen MR) is 107 cm³/mol. The molecule has 7 heteroatoms. The number of fused-ring (bicyclic) bond motifs is 1. The van der Waals surface area contributed by atoms with Crippen LogP contribution in [0.25, 0.3) is 0 Å². The summed E-state index contributed by atoms with van der Waals surface area (Å²) in [5.74, 6) is 0.527. The van der Waals surface area contributed by atoms with Crippen molar-refractivity contribution in [2.45, 2.75) is 17.8 Å². The number of halogens is 1. The van der Waals surface area contributed by atoms with Crippen LogP contribution in [0.4, 0.5) is 10.5 Å². The summed E-state index contributed by atoms with van der Waals surface area (Å²) in [6.45, 7) is 0.388. The number of benzene rings is 2. The van der Waals surface area contributed by atoms with E-state index in [4.69, 9.17) is 16.3 Å². The normalized spacial score (nSPS) is 21.6. The Labute approximate surface area is 166 Å². The maximum atomic E-state index is 13.2. The zero-order valence-corrected chi connectivity index (χ0v) is 16.1. The van der Waals surface area contributed by atoms with Crippen molar-refractivity contribution in [3.8, 4) is 5.75 Å². The van der Waals surface area contributed by atoms with Gasteiger partial charge < -0.3 is 9.64 Å². The molecule has 2 aromatic rings. The van der Waals surface area contributed by atoms with Crippen molar-refractivity contribution in [2.24, 2.45) is 0 Å². The van der Waals surface area contributed by atoms with Crippen LogP contribution in [-0.4, -0.2) is 35.2 Å². The number of thioether (sulfide) groups is 1. The lowest BCUT2D eigenvalue weighted by Crippen LogP contribution is -2.61. The summed E-state index contributed by atoms with van der Waals surface area (Å²) < 4.78 is 5.28. The van der Waals surface area contributed by atoms with Crippen molar-refractivity contribution in [1.29, 1.82) is 0 Å². The number of carbonyl (C=O) groups excluding carboxylic acids is 2. The highest BCUT2D eigenvalue weighted by Crippen LogP contribution is 2.37. The third kappa shape index (κ3) is 3.31. The van der Waals surface area contributed by atoms with Crippen LogP contribution >= 0.6 is 23.4 Å². The Hall–Kier alpha value is -2.44. The third-order valence-corrected chi connectivity index (χ3v) is 5.98.